The number of Topliss-reactive ketones (excluding diaryl/α,β-unsaturated/α-hetero) is 1. The van der Waals surface area contributed by atoms with Crippen LogP contribution in [0.15, 0.2) is 16.8 Å². The van der Waals surface area contributed by atoms with Crippen molar-refractivity contribution in [1.29, 1.82) is 0 Å². The number of carbonyl (C=O) groups is 1. The Hall–Kier alpha value is -0.670. The zero-order valence-electron chi connectivity index (χ0n) is 12.3. The highest BCUT2D eigenvalue weighted by molar-refractivity contribution is 7.07. The van der Waals surface area contributed by atoms with Crippen LogP contribution < -0.4 is 0 Å². The van der Waals surface area contributed by atoms with Crippen LogP contribution >= 0.6 is 11.3 Å². The largest absolute Gasteiger partial charge is 0.298 e. The van der Waals surface area contributed by atoms with Crippen LogP contribution in [-0.4, -0.2) is 30.3 Å². The van der Waals surface area contributed by atoms with E-state index in [0.717, 1.165) is 19.3 Å². The molecule has 1 aliphatic rings. The van der Waals surface area contributed by atoms with Gasteiger partial charge in [0.25, 0.3) is 0 Å². The van der Waals surface area contributed by atoms with Gasteiger partial charge in [-0.15, -0.1) is 0 Å². The number of hydrogen-bond donors (Lipinski definition) is 0. The van der Waals surface area contributed by atoms with Crippen molar-refractivity contribution < 1.29 is 4.79 Å². The molecular weight excluding hydrogens is 254 g/mol. The highest BCUT2D eigenvalue weighted by Gasteiger charge is 2.42. The van der Waals surface area contributed by atoms with E-state index in [1.807, 2.05) is 0 Å². The SMILES string of the molecule is CC1CCCC(C(=O)CCc2ccsc2)(N(C)C)C1. The summed E-state index contributed by atoms with van der Waals surface area (Å²) in [5.41, 5.74) is 1.10. The van der Waals surface area contributed by atoms with Crippen molar-refractivity contribution in [3.63, 3.8) is 0 Å². The third-order valence-corrected chi connectivity index (χ3v) is 5.30. The van der Waals surface area contributed by atoms with E-state index in [1.54, 1.807) is 11.3 Å². The maximum absolute atomic E-state index is 12.8. The fraction of sp³-hybridized carbons (Fsp3) is 0.688. The molecule has 2 rings (SSSR count). The topological polar surface area (TPSA) is 20.3 Å². The van der Waals surface area contributed by atoms with Crippen molar-refractivity contribution in [3.8, 4) is 0 Å². The van der Waals surface area contributed by atoms with Crippen LogP contribution in [0.3, 0.4) is 0 Å². The first-order chi connectivity index (χ1) is 9.04. The lowest BCUT2D eigenvalue weighted by atomic mass is 9.72. The fourth-order valence-electron chi connectivity index (χ4n) is 3.36. The minimum Gasteiger partial charge on any atom is -0.298 e. The molecule has 0 N–H and O–H groups in total. The maximum Gasteiger partial charge on any atom is 0.153 e. The van der Waals surface area contributed by atoms with Crippen LogP contribution in [0.1, 0.15) is 44.6 Å². The molecular formula is C16H25NOS. The smallest absolute Gasteiger partial charge is 0.153 e. The first-order valence-corrected chi connectivity index (χ1v) is 8.21. The molecule has 3 heteroatoms. The van der Waals surface area contributed by atoms with Crippen molar-refractivity contribution in [2.24, 2.45) is 5.92 Å². The summed E-state index contributed by atoms with van der Waals surface area (Å²) in [7, 11) is 4.14. The number of aryl methyl sites for hydroxylation is 1. The number of nitrogens with zero attached hydrogens (tertiary/aromatic N) is 1. The van der Waals surface area contributed by atoms with Gasteiger partial charge in [-0.2, -0.15) is 11.3 Å². The number of rotatable bonds is 5. The highest BCUT2D eigenvalue weighted by Crippen LogP contribution is 2.37. The average Bonchev–Trinajstić information content (AvgIpc) is 2.88. The van der Waals surface area contributed by atoms with Crippen LogP contribution in [0.2, 0.25) is 0 Å². The summed E-state index contributed by atoms with van der Waals surface area (Å²) in [5.74, 6) is 1.11. The van der Waals surface area contributed by atoms with Crippen molar-refractivity contribution >= 4 is 17.1 Å². The van der Waals surface area contributed by atoms with E-state index in [9.17, 15) is 4.79 Å². The minimum atomic E-state index is -0.201. The Kier molecular flexibility index (Phi) is 4.80. The van der Waals surface area contributed by atoms with E-state index in [-0.39, 0.29) is 5.54 Å². The van der Waals surface area contributed by atoms with Crippen molar-refractivity contribution in [1.82, 2.24) is 4.90 Å². The Morgan fingerprint density at radius 2 is 2.32 bits per heavy atom. The summed E-state index contributed by atoms with van der Waals surface area (Å²) in [6.07, 6.45) is 6.10. The third kappa shape index (κ3) is 3.26. The van der Waals surface area contributed by atoms with Crippen LogP contribution in [0.5, 0.6) is 0 Å². The van der Waals surface area contributed by atoms with Crippen LogP contribution in [-0.2, 0) is 11.2 Å². The zero-order valence-corrected chi connectivity index (χ0v) is 13.1. The van der Waals surface area contributed by atoms with Crippen LogP contribution in [0.4, 0.5) is 0 Å². The Bertz CT molecular complexity index is 412. The lowest BCUT2D eigenvalue weighted by Gasteiger charge is -2.44. The molecule has 1 fully saturated rings. The predicted octanol–water partition coefficient (Wildman–Crippen LogP) is 3.76. The highest BCUT2D eigenvalue weighted by atomic mass is 32.1. The van der Waals surface area contributed by atoms with E-state index < -0.39 is 0 Å². The molecule has 1 heterocycles. The van der Waals surface area contributed by atoms with E-state index in [2.05, 4.69) is 42.7 Å². The van der Waals surface area contributed by atoms with Gasteiger partial charge >= 0.3 is 0 Å². The molecule has 0 amide bonds. The molecule has 106 valence electrons. The lowest BCUT2D eigenvalue weighted by molar-refractivity contribution is -0.132. The second kappa shape index (κ2) is 6.19. The molecule has 0 aliphatic heterocycles. The predicted molar refractivity (Wildman–Crippen MR) is 81.7 cm³/mol. The zero-order chi connectivity index (χ0) is 13.9. The quantitative estimate of drug-likeness (QED) is 0.818. The molecule has 19 heavy (non-hydrogen) atoms. The third-order valence-electron chi connectivity index (χ3n) is 4.57. The molecule has 0 bridgehead atoms. The van der Waals surface area contributed by atoms with Gasteiger partial charge in [-0.25, -0.2) is 0 Å². The molecule has 2 unspecified atom stereocenters. The fourth-order valence-corrected chi connectivity index (χ4v) is 4.06. The van der Waals surface area contributed by atoms with Gasteiger partial charge in [0.2, 0.25) is 0 Å². The molecule has 0 radical (unpaired) electrons. The van der Waals surface area contributed by atoms with Gasteiger partial charge in [0.1, 0.15) is 0 Å². The molecule has 1 saturated carbocycles. The van der Waals surface area contributed by atoms with E-state index in [0.29, 0.717) is 18.1 Å². The summed E-state index contributed by atoms with van der Waals surface area (Å²) in [6, 6.07) is 2.13. The average molecular weight is 279 g/mol. The first-order valence-electron chi connectivity index (χ1n) is 7.26. The van der Waals surface area contributed by atoms with Crippen molar-refractivity contribution in [2.45, 2.75) is 51.0 Å². The normalized spacial score (nSPS) is 27.7. The number of thiophene rings is 1. The molecule has 1 aliphatic carbocycles. The van der Waals surface area contributed by atoms with Gasteiger partial charge in [-0.1, -0.05) is 19.8 Å². The van der Waals surface area contributed by atoms with Crippen LogP contribution in [0, 0.1) is 5.92 Å². The maximum atomic E-state index is 12.8. The van der Waals surface area contributed by atoms with Crippen LogP contribution in [0.25, 0.3) is 0 Å². The Morgan fingerprint density at radius 3 is 2.89 bits per heavy atom. The first kappa shape index (κ1) is 14.7. The Balaban J connectivity index is 2.04. The number of carbonyl (C=O) groups excluding carboxylic acids is 1. The summed E-state index contributed by atoms with van der Waals surface area (Å²) < 4.78 is 0. The van der Waals surface area contributed by atoms with Gasteiger partial charge in [0.05, 0.1) is 5.54 Å². The van der Waals surface area contributed by atoms with Gasteiger partial charge in [0, 0.05) is 6.42 Å². The molecule has 1 aromatic rings. The minimum absolute atomic E-state index is 0.201. The van der Waals surface area contributed by atoms with Gasteiger partial charge in [-0.05, 0) is 61.7 Å². The monoisotopic (exact) mass is 279 g/mol. The number of ketones is 1. The van der Waals surface area contributed by atoms with Gasteiger partial charge in [-0.3, -0.25) is 9.69 Å². The number of likely N-dealkylation sites (N-methyl/N-ethyl adjacent to an activating group) is 1. The summed E-state index contributed by atoms with van der Waals surface area (Å²) in [5, 5.41) is 4.24. The molecule has 1 aromatic heterocycles. The molecule has 0 spiro atoms. The molecule has 2 atom stereocenters. The van der Waals surface area contributed by atoms with Gasteiger partial charge < -0.3 is 0 Å². The summed E-state index contributed by atoms with van der Waals surface area (Å²) in [4.78, 5) is 14.9. The van der Waals surface area contributed by atoms with Crippen molar-refractivity contribution in [2.75, 3.05) is 14.1 Å². The van der Waals surface area contributed by atoms with Gasteiger partial charge in [0.15, 0.2) is 5.78 Å². The Morgan fingerprint density at radius 1 is 1.53 bits per heavy atom. The lowest BCUT2D eigenvalue weighted by Crippen LogP contribution is -2.53. The standard InChI is InChI=1S/C16H25NOS/c1-13-5-4-9-16(11-13,17(2)3)15(18)7-6-14-8-10-19-12-14/h8,10,12-13H,4-7,9,11H2,1-3H3. The van der Waals surface area contributed by atoms with Crippen molar-refractivity contribution in [3.05, 3.63) is 22.4 Å². The second-order valence-corrected chi connectivity index (χ2v) is 6.96. The number of hydrogen-bond acceptors (Lipinski definition) is 3. The molecule has 0 saturated heterocycles. The Labute approximate surface area is 120 Å². The van der Waals surface area contributed by atoms with E-state index in [1.165, 1.54) is 18.4 Å². The second-order valence-electron chi connectivity index (χ2n) is 6.18. The molecule has 2 nitrogen and oxygen atoms in total. The summed E-state index contributed by atoms with van der Waals surface area (Å²) in [6.45, 7) is 2.28. The van der Waals surface area contributed by atoms with E-state index >= 15 is 0 Å². The molecule has 0 aromatic carbocycles. The van der Waals surface area contributed by atoms with E-state index in [4.69, 9.17) is 0 Å². The summed E-state index contributed by atoms with van der Waals surface area (Å²) >= 11 is 1.71.